The van der Waals surface area contributed by atoms with Crippen LogP contribution in [-0.2, 0) is 17.5 Å². The van der Waals surface area contributed by atoms with E-state index in [1.165, 1.54) is 19.1 Å². The van der Waals surface area contributed by atoms with Crippen molar-refractivity contribution in [2.45, 2.75) is 57.4 Å². The molecule has 7 nitrogen and oxygen atoms in total. The topological polar surface area (TPSA) is 84.4 Å². The highest BCUT2D eigenvalue weighted by Gasteiger charge is 2.48. The molecule has 5 rings (SSSR count). The summed E-state index contributed by atoms with van der Waals surface area (Å²) < 4.78 is 46.9. The molecular formula is C26H31F3N4O3. The number of rotatable bonds is 6. The lowest BCUT2D eigenvalue weighted by molar-refractivity contribution is -0.138. The Kier molecular flexibility index (Phi) is 6.59. The summed E-state index contributed by atoms with van der Waals surface area (Å²) in [6, 6.07) is 5.54. The number of hydrogen-bond acceptors (Lipinski definition) is 5. The van der Waals surface area contributed by atoms with Crippen molar-refractivity contribution in [2.24, 2.45) is 5.41 Å². The Morgan fingerprint density at radius 3 is 2.58 bits per heavy atom. The van der Waals surface area contributed by atoms with Gasteiger partial charge in [-0.15, -0.1) is 0 Å². The number of ether oxygens (including phenoxy) is 1. The van der Waals surface area contributed by atoms with Crippen molar-refractivity contribution in [1.29, 1.82) is 0 Å². The maximum atomic E-state index is 13.3. The monoisotopic (exact) mass is 504 g/mol. The van der Waals surface area contributed by atoms with Crippen molar-refractivity contribution in [2.75, 3.05) is 31.6 Å². The van der Waals surface area contributed by atoms with Crippen molar-refractivity contribution in [1.82, 2.24) is 15.2 Å². The SMILES string of the molecule is Cc1c(CNC(=O)c2cn(C3CCOCC3)c(=O)cc2NC2CC3(CNC3)C2)cccc1C(F)(F)F. The Hall–Kier alpha value is -2.85. The number of nitrogens with one attached hydrogen (secondary N) is 3. The van der Waals surface area contributed by atoms with Gasteiger partial charge < -0.3 is 25.3 Å². The van der Waals surface area contributed by atoms with Gasteiger partial charge in [0.1, 0.15) is 0 Å². The zero-order valence-electron chi connectivity index (χ0n) is 20.2. The van der Waals surface area contributed by atoms with Crippen LogP contribution in [0.15, 0.2) is 35.3 Å². The Bertz CT molecular complexity index is 1190. The average molecular weight is 505 g/mol. The van der Waals surface area contributed by atoms with Gasteiger partial charge in [-0.25, -0.2) is 0 Å². The number of amides is 1. The Labute approximate surface area is 207 Å². The summed E-state index contributed by atoms with van der Waals surface area (Å²) in [7, 11) is 0. The highest BCUT2D eigenvalue weighted by Crippen LogP contribution is 2.45. The van der Waals surface area contributed by atoms with Crippen LogP contribution in [0.2, 0.25) is 0 Å². The van der Waals surface area contributed by atoms with Crippen LogP contribution in [0.1, 0.15) is 58.8 Å². The molecule has 194 valence electrons. The van der Waals surface area contributed by atoms with Gasteiger partial charge in [0.05, 0.1) is 16.8 Å². The van der Waals surface area contributed by atoms with E-state index in [0.29, 0.717) is 48.3 Å². The molecule has 3 N–H and O–H groups in total. The second kappa shape index (κ2) is 9.55. The highest BCUT2D eigenvalue weighted by atomic mass is 19.4. The Morgan fingerprint density at radius 1 is 1.22 bits per heavy atom. The van der Waals surface area contributed by atoms with Gasteiger partial charge in [0.2, 0.25) is 0 Å². The van der Waals surface area contributed by atoms with E-state index in [0.717, 1.165) is 32.0 Å². The summed E-state index contributed by atoms with van der Waals surface area (Å²) in [5, 5.41) is 9.46. The molecule has 2 saturated heterocycles. The fraction of sp³-hybridized carbons (Fsp3) is 0.538. The molecule has 3 fully saturated rings. The normalized spacial score (nSPS) is 20.0. The maximum absolute atomic E-state index is 13.3. The van der Waals surface area contributed by atoms with Crippen LogP contribution in [-0.4, -0.2) is 42.8 Å². The summed E-state index contributed by atoms with van der Waals surface area (Å²) in [5.41, 5.74) is 0.682. The molecule has 1 aromatic heterocycles. The highest BCUT2D eigenvalue weighted by molar-refractivity contribution is 5.99. The number of carbonyl (C=O) groups excluding carboxylic acids is 1. The molecule has 1 aromatic carbocycles. The van der Waals surface area contributed by atoms with Gasteiger partial charge in [-0.1, -0.05) is 12.1 Å². The third-order valence-corrected chi connectivity index (χ3v) is 7.82. The fourth-order valence-corrected chi connectivity index (χ4v) is 5.62. The van der Waals surface area contributed by atoms with Crippen molar-refractivity contribution in [3.63, 3.8) is 0 Å². The van der Waals surface area contributed by atoms with Gasteiger partial charge in [-0.05, 0) is 55.2 Å². The molecular weight excluding hydrogens is 473 g/mol. The number of aromatic nitrogens is 1. The zero-order valence-corrected chi connectivity index (χ0v) is 20.2. The largest absolute Gasteiger partial charge is 0.416 e. The van der Waals surface area contributed by atoms with Crippen LogP contribution >= 0.6 is 0 Å². The molecule has 1 spiro atoms. The van der Waals surface area contributed by atoms with E-state index in [1.54, 1.807) is 16.8 Å². The van der Waals surface area contributed by atoms with Crippen molar-refractivity contribution in [3.05, 3.63) is 63.1 Å². The predicted octanol–water partition coefficient (Wildman–Crippen LogP) is 3.62. The summed E-state index contributed by atoms with van der Waals surface area (Å²) in [6.07, 6.45) is 0.413. The van der Waals surface area contributed by atoms with Crippen molar-refractivity contribution in [3.8, 4) is 0 Å². The Balaban J connectivity index is 1.38. The second-order valence-corrected chi connectivity index (χ2v) is 10.3. The average Bonchev–Trinajstić information content (AvgIpc) is 2.79. The lowest BCUT2D eigenvalue weighted by Crippen LogP contribution is -2.63. The van der Waals surface area contributed by atoms with E-state index in [1.807, 2.05) is 0 Å². The van der Waals surface area contributed by atoms with E-state index < -0.39 is 17.6 Å². The first-order valence-corrected chi connectivity index (χ1v) is 12.4. The molecule has 3 aliphatic rings. The van der Waals surface area contributed by atoms with Crippen LogP contribution in [0.4, 0.5) is 18.9 Å². The second-order valence-electron chi connectivity index (χ2n) is 10.3. The number of anilines is 1. The van der Waals surface area contributed by atoms with E-state index >= 15 is 0 Å². The number of benzene rings is 1. The van der Waals surface area contributed by atoms with Crippen LogP contribution in [0.3, 0.4) is 0 Å². The number of nitrogens with zero attached hydrogens (tertiary/aromatic N) is 1. The Morgan fingerprint density at radius 2 is 1.94 bits per heavy atom. The molecule has 1 aliphatic carbocycles. The van der Waals surface area contributed by atoms with Gasteiger partial charge >= 0.3 is 6.18 Å². The molecule has 2 aromatic rings. The summed E-state index contributed by atoms with van der Waals surface area (Å²) in [5.74, 6) is -0.436. The van der Waals surface area contributed by atoms with Crippen LogP contribution < -0.4 is 21.5 Å². The molecule has 10 heteroatoms. The van der Waals surface area contributed by atoms with Crippen molar-refractivity contribution < 1.29 is 22.7 Å². The minimum absolute atomic E-state index is 0.0529. The molecule has 0 atom stereocenters. The van der Waals surface area contributed by atoms with Gasteiger partial charge in [0, 0.05) is 57.2 Å². The third kappa shape index (κ3) is 4.88. The molecule has 1 saturated carbocycles. The molecule has 1 amide bonds. The number of pyridine rings is 1. The molecule has 2 aliphatic heterocycles. The first kappa shape index (κ1) is 24.8. The molecule has 0 radical (unpaired) electrons. The smallest absolute Gasteiger partial charge is 0.381 e. The van der Waals surface area contributed by atoms with Gasteiger partial charge in [-0.3, -0.25) is 9.59 Å². The number of alkyl halides is 3. The molecule has 36 heavy (non-hydrogen) atoms. The molecule has 0 bridgehead atoms. The minimum Gasteiger partial charge on any atom is -0.381 e. The zero-order chi connectivity index (χ0) is 25.5. The van der Waals surface area contributed by atoms with Crippen LogP contribution in [0, 0.1) is 12.3 Å². The maximum Gasteiger partial charge on any atom is 0.416 e. The summed E-state index contributed by atoms with van der Waals surface area (Å²) in [4.78, 5) is 26.3. The number of halogens is 3. The number of hydrogen-bond donors (Lipinski definition) is 3. The first-order valence-electron chi connectivity index (χ1n) is 12.4. The fourth-order valence-electron chi connectivity index (χ4n) is 5.62. The predicted molar refractivity (Wildman–Crippen MR) is 129 cm³/mol. The van der Waals surface area contributed by atoms with E-state index in [2.05, 4.69) is 16.0 Å². The third-order valence-electron chi connectivity index (χ3n) is 7.82. The van der Waals surface area contributed by atoms with E-state index in [-0.39, 0.29) is 29.8 Å². The summed E-state index contributed by atoms with van der Waals surface area (Å²) >= 11 is 0. The van der Waals surface area contributed by atoms with Crippen LogP contribution in [0.25, 0.3) is 0 Å². The van der Waals surface area contributed by atoms with Gasteiger partial charge in [-0.2, -0.15) is 13.2 Å². The van der Waals surface area contributed by atoms with E-state index in [9.17, 15) is 22.8 Å². The van der Waals surface area contributed by atoms with Crippen molar-refractivity contribution >= 4 is 11.6 Å². The molecule has 0 unspecified atom stereocenters. The number of carbonyl (C=O) groups is 1. The minimum atomic E-state index is -4.46. The van der Waals surface area contributed by atoms with E-state index in [4.69, 9.17) is 4.74 Å². The van der Waals surface area contributed by atoms with Gasteiger partial charge in [0.25, 0.3) is 11.5 Å². The lowest BCUT2D eigenvalue weighted by atomic mass is 9.61. The van der Waals surface area contributed by atoms with Gasteiger partial charge in [0.15, 0.2) is 0 Å². The quantitative estimate of drug-likeness (QED) is 0.560. The lowest BCUT2D eigenvalue weighted by Gasteiger charge is -2.54. The summed E-state index contributed by atoms with van der Waals surface area (Å²) in [6.45, 7) is 4.42. The van der Waals surface area contributed by atoms with Crippen LogP contribution in [0.5, 0.6) is 0 Å². The standard InChI is InChI=1S/C26H31F3N4O3/c1-16-17(3-2-4-21(16)26(27,28)29)12-31-24(35)20-13-33(19-5-7-36-8-6-19)23(34)9-22(20)32-18-10-25(11-18)14-30-15-25/h2-4,9,13,18-19,30,32H,5-8,10-12,14-15H2,1H3,(H,31,35). The first-order chi connectivity index (χ1) is 17.2. The molecule has 3 heterocycles.